The Morgan fingerprint density at radius 2 is 1.95 bits per heavy atom. The van der Waals surface area contributed by atoms with Crippen molar-refractivity contribution in [2.45, 2.75) is 4.90 Å². The molecule has 0 heterocycles. The second-order valence-corrected chi connectivity index (χ2v) is 4.66. The molecule has 4 nitrogen and oxygen atoms in total. The molecule has 3 N–H and O–H groups in total. The van der Waals surface area contributed by atoms with Gasteiger partial charge in [0.05, 0.1) is 11.3 Å². The summed E-state index contributed by atoms with van der Waals surface area (Å²) in [6.07, 6.45) is 1.94. The molecule has 0 atom stereocenters. The van der Waals surface area contributed by atoms with Crippen LogP contribution in [0.3, 0.4) is 0 Å². The van der Waals surface area contributed by atoms with Gasteiger partial charge in [0.1, 0.15) is 5.75 Å². The van der Waals surface area contributed by atoms with Crippen LogP contribution in [0.25, 0.3) is 0 Å². The maximum Gasteiger partial charge on any atom is 0.335 e. The van der Waals surface area contributed by atoms with Gasteiger partial charge in [-0.25, -0.2) is 4.79 Å². The van der Waals surface area contributed by atoms with Crippen molar-refractivity contribution in [1.29, 1.82) is 0 Å². The molecule has 0 unspecified atom stereocenters. The van der Waals surface area contributed by atoms with E-state index in [2.05, 4.69) is 0 Å². The van der Waals surface area contributed by atoms with E-state index < -0.39 is 5.97 Å². The van der Waals surface area contributed by atoms with Crippen molar-refractivity contribution in [2.75, 3.05) is 12.0 Å². The van der Waals surface area contributed by atoms with Crippen molar-refractivity contribution >= 4 is 23.4 Å². The fourth-order valence-electron chi connectivity index (χ4n) is 1.58. The van der Waals surface area contributed by atoms with Gasteiger partial charge in [-0.15, -0.1) is 11.8 Å². The van der Waals surface area contributed by atoms with Crippen LogP contribution < -0.4 is 10.5 Å². The topological polar surface area (TPSA) is 72.5 Å². The van der Waals surface area contributed by atoms with Crippen LogP contribution in [0.2, 0.25) is 0 Å². The van der Waals surface area contributed by atoms with E-state index in [-0.39, 0.29) is 5.56 Å². The minimum absolute atomic E-state index is 0.144. The normalized spacial score (nSPS) is 10.2. The van der Waals surface area contributed by atoms with Crippen LogP contribution in [0.5, 0.6) is 11.5 Å². The number of carbonyl (C=O) groups is 1. The lowest BCUT2D eigenvalue weighted by Crippen LogP contribution is -1.99. The predicted octanol–water partition coefficient (Wildman–Crippen LogP) is 3.48. The highest BCUT2D eigenvalue weighted by atomic mass is 32.2. The number of rotatable bonds is 4. The summed E-state index contributed by atoms with van der Waals surface area (Å²) >= 11 is 1.55. The molecule has 2 rings (SSSR count). The van der Waals surface area contributed by atoms with Gasteiger partial charge >= 0.3 is 5.97 Å². The van der Waals surface area contributed by atoms with Gasteiger partial charge in [-0.05, 0) is 36.6 Å². The zero-order chi connectivity index (χ0) is 13.8. The largest absolute Gasteiger partial charge is 0.478 e. The lowest BCUT2D eigenvalue weighted by Gasteiger charge is -2.11. The monoisotopic (exact) mass is 275 g/mol. The Hall–Kier alpha value is -2.14. The summed E-state index contributed by atoms with van der Waals surface area (Å²) in [6.45, 7) is 0. The predicted molar refractivity (Wildman–Crippen MR) is 76.1 cm³/mol. The van der Waals surface area contributed by atoms with Crippen molar-refractivity contribution in [3.8, 4) is 11.5 Å². The standard InChI is InChI=1S/C14H13NO3S/c1-19-13-5-3-2-4-11(13)18-12-8-9(14(16)17)6-7-10(12)15/h2-8H,15H2,1H3,(H,16,17). The Balaban J connectivity index is 2.37. The first-order valence-corrected chi connectivity index (χ1v) is 6.78. The number of nitrogens with two attached hydrogens (primary N) is 1. The van der Waals surface area contributed by atoms with Gasteiger partial charge in [0.25, 0.3) is 0 Å². The van der Waals surface area contributed by atoms with Crippen molar-refractivity contribution in [2.24, 2.45) is 0 Å². The number of thioether (sulfide) groups is 1. The highest BCUT2D eigenvalue weighted by Gasteiger charge is 2.10. The number of carboxylic acid groups (broad SMARTS) is 1. The first-order valence-electron chi connectivity index (χ1n) is 5.55. The SMILES string of the molecule is CSc1ccccc1Oc1cc(C(=O)O)ccc1N. The number of carboxylic acids is 1. The molecule has 2 aromatic carbocycles. The molecule has 0 spiro atoms. The summed E-state index contributed by atoms with van der Waals surface area (Å²) in [4.78, 5) is 11.9. The van der Waals surface area contributed by atoms with Gasteiger partial charge < -0.3 is 15.6 Å². The maximum atomic E-state index is 10.9. The summed E-state index contributed by atoms with van der Waals surface area (Å²) < 4.78 is 5.71. The van der Waals surface area contributed by atoms with Crippen LogP contribution in [-0.4, -0.2) is 17.3 Å². The van der Waals surface area contributed by atoms with Crippen molar-refractivity contribution in [3.05, 3.63) is 48.0 Å². The number of aromatic carboxylic acids is 1. The average molecular weight is 275 g/mol. The second kappa shape index (κ2) is 5.67. The number of nitrogen functional groups attached to an aromatic ring is 1. The minimum Gasteiger partial charge on any atom is -0.478 e. The van der Waals surface area contributed by atoms with E-state index in [0.717, 1.165) is 4.90 Å². The molecule has 0 aliphatic heterocycles. The van der Waals surface area contributed by atoms with Crippen LogP contribution in [0.4, 0.5) is 5.69 Å². The van der Waals surface area contributed by atoms with E-state index >= 15 is 0 Å². The van der Waals surface area contributed by atoms with Crippen LogP contribution in [0.1, 0.15) is 10.4 Å². The highest BCUT2D eigenvalue weighted by molar-refractivity contribution is 7.98. The maximum absolute atomic E-state index is 10.9. The zero-order valence-corrected chi connectivity index (χ0v) is 11.1. The number of hydrogen-bond acceptors (Lipinski definition) is 4. The molecular formula is C14H13NO3S. The second-order valence-electron chi connectivity index (χ2n) is 3.81. The van der Waals surface area contributed by atoms with Gasteiger partial charge in [0, 0.05) is 4.90 Å². The molecule has 0 radical (unpaired) electrons. The summed E-state index contributed by atoms with van der Waals surface area (Å²) in [5.74, 6) is -0.00589. The Kier molecular flexibility index (Phi) is 3.97. The Bertz CT molecular complexity index is 613. The minimum atomic E-state index is -1.01. The smallest absolute Gasteiger partial charge is 0.335 e. The van der Waals surface area contributed by atoms with E-state index in [1.807, 2.05) is 30.5 Å². The van der Waals surface area contributed by atoms with Crippen LogP contribution in [0.15, 0.2) is 47.4 Å². The van der Waals surface area contributed by atoms with E-state index in [1.165, 1.54) is 18.2 Å². The Morgan fingerprint density at radius 1 is 1.21 bits per heavy atom. The van der Waals surface area contributed by atoms with Crippen LogP contribution >= 0.6 is 11.8 Å². The van der Waals surface area contributed by atoms with Gasteiger partial charge in [0.15, 0.2) is 5.75 Å². The summed E-state index contributed by atoms with van der Waals surface area (Å²) in [5, 5.41) is 8.97. The van der Waals surface area contributed by atoms with Gasteiger partial charge in [-0.3, -0.25) is 0 Å². The van der Waals surface area contributed by atoms with Crippen LogP contribution in [-0.2, 0) is 0 Å². The lowest BCUT2D eigenvalue weighted by molar-refractivity contribution is 0.0696. The fourth-order valence-corrected chi connectivity index (χ4v) is 2.10. The molecule has 19 heavy (non-hydrogen) atoms. The van der Waals surface area contributed by atoms with Crippen molar-refractivity contribution in [3.63, 3.8) is 0 Å². The number of benzene rings is 2. The van der Waals surface area contributed by atoms with E-state index in [9.17, 15) is 4.79 Å². The molecule has 98 valence electrons. The third kappa shape index (κ3) is 3.00. The summed E-state index contributed by atoms with van der Waals surface area (Å²) in [7, 11) is 0. The van der Waals surface area contributed by atoms with Gasteiger partial charge in [-0.2, -0.15) is 0 Å². The molecule has 0 bridgehead atoms. The number of ether oxygens (including phenoxy) is 1. The van der Waals surface area contributed by atoms with E-state index in [4.69, 9.17) is 15.6 Å². The quantitative estimate of drug-likeness (QED) is 0.660. The molecule has 0 aliphatic carbocycles. The number of hydrogen-bond donors (Lipinski definition) is 2. The Labute approximate surface area is 115 Å². The molecule has 2 aromatic rings. The summed E-state index contributed by atoms with van der Waals surface area (Å²) in [6, 6.07) is 11.9. The third-order valence-electron chi connectivity index (χ3n) is 2.55. The zero-order valence-electron chi connectivity index (χ0n) is 10.3. The first-order chi connectivity index (χ1) is 9.11. The molecule has 0 saturated heterocycles. The summed E-state index contributed by atoms with van der Waals surface area (Å²) in [5.41, 5.74) is 6.35. The lowest BCUT2D eigenvalue weighted by atomic mass is 10.2. The van der Waals surface area contributed by atoms with E-state index in [1.54, 1.807) is 11.8 Å². The molecule has 0 aliphatic rings. The molecule has 0 fully saturated rings. The number of anilines is 1. The molecular weight excluding hydrogens is 262 g/mol. The van der Waals surface area contributed by atoms with Crippen molar-refractivity contribution in [1.82, 2.24) is 0 Å². The fraction of sp³-hybridized carbons (Fsp3) is 0.0714. The van der Waals surface area contributed by atoms with Crippen molar-refractivity contribution < 1.29 is 14.6 Å². The van der Waals surface area contributed by atoms with Gasteiger partial charge in [0.2, 0.25) is 0 Å². The van der Waals surface area contributed by atoms with Gasteiger partial charge in [-0.1, -0.05) is 12.1 Å². The van der Waals surface area contributed by atoms with Crippen LogP contribution in [0, 0.1) is 0 Å². The average Bonchev–Trinajstić information content (AvgIpc) is 2.41. The third-order valence-corrected chi connectivity index (χ3v) is 3.33. The Morgan fingerprint density at radius 3 is 2.63 bits per heavy atom. The number of para-hydroxylation sites is 1. The van der Waals surface area contributed by atoms with E-state index in [0.29, 0.717) is 17.2 Å². The highest BCUT2D eigenvalue weighted by Crippen LogP contribution is 2.34. The molecule has 0 amide bonds. The first kappa shape index (κ1) is 13.3. The molecule has 0 aromatic heterocycles. The molecule has 5 heteroatoms. The molecule has 0 saturated carbocycles.